The summed E-state index contributed by atoms with van der Waals surface area (Å²) in [6.07, 6.45) is 1.78. The summed E-state index contributed by atoms with van der Waals surface area (Å²) in [5, 5.41) is 20.6. The Bertz CT molecular complexity index is 1270. The van der Waals surface area contributed by atoms with Gasteiger partial charge in [-0.3, -0.25) is 9.59 Å². The maximum atomic E-state index is 13.7. The highest BCUT2D eigenvalue weighted by molar-refractivity contribution is 7.89. The lowest BCUT2D eigenvalue weighted by Gasteiger charge is -2.32. The van der Waals surface area contributed by atoms with Gasteiger partial charge in [0.15, 0.2) is 0 Å². The molecule has 238 valence electrons. The van der Waals surface area contributed by atoms with E-state index in [0.717, 1.165) is 18.4 Å². The van der Waals surface area contributed by atoms with Gasteiger partial charge in [-0.25, -0.2) is 8.42 Å². The van der Waals surface area contributed by atoms with Gasteiger partial charge in [0.1, 0.15) is 11.8 Å². The first-order chi connectivity index (χ1) is 20.4. The second-order valence-corrected chi connectivity index (χ2v) is 13.8. The number of amides is 2. The molecule has 1 aliphatic rings. The van der Waals surface area contributed by atoms with Gasteiger partial charge in [-0.1, -0.05) is 64.4 Å². The maximum absolute atomic E-state index is 13.7. The van der Waals surface area contributed by atoms with Crippen LogP contribution in [0.15, 0.2) is 59.5 Å². The van der Waals surface area contributed by atoms with Crippen LogP contribution in [0.4, 0.5) is 0 Å². The Morgan fingerprint density at radius 2 is 1.65 bits per heavy atom. The lowest BCUT2D eigenvalue weighted by molar-refractivity contribution is -0.131. The zero-order valence-corrected chi connectivity index (χ0v) is 26.8. The van der Waals surface area contributed by atoms with Crippen LogP contribution in [0.25, 0.3) is 0 Å². The third-order valence-electron chi connectivity index (χ3n) is 7.69. The van der Waals surface area contributed by atoms with Crippen LogP contribution in [-0.4, -0.2) is 80.6 Å². The molecule has 2 amide bonds. The van der Waals surface area contributed by atoms with Crippen molar-refractivity contribution < 1.29 is 27.9 Å². The predicted molar refractivity (Wildman–Crippen MR) is 167 cm³/mol. The van der Waals surface area contributed by atoms with E-state index in [1.807, 2.05) is 58.0 Å². The summed E-state index contributed by atoms with van der Waals surface area (Å²) in [6.45, 7) is 7.74. The lowest BCUT2D eigenvalue weighted by atomic mass is 9.96. The van der Waals surface area contributed by atoms with Crippen molar-refractivity contribution in [2.24, 2.45) is 11.8 Å². The van der Waals surface area contributed by atoms with Gasteiger partial charge < -0.3 is 25.8 Å². The molecule has 10 nitrogen and oxygen atoms in total. The average Bonchev–Trinajstić information content (AvgIpc) is 3.82. The average molecular weight is 617 g/mol. The normalized spacial score (nSPS) is 16.4. The third-order valence-corrected chi connectivity index (χ3v) is 9.53. The number of aliphatic hydroxyl groups is 1. The molecular formula is C32H48N4O6S. The zero-order chi connectivity index (χ0) is 31.6. The summed E-state index contributed by atoms with van der Waals surface area (Å²) < 4.78 is 33.9. The van der Waals surface area contributed by atoms with Crippen molar-refractivity contribution >= 4 is 21.8 Å². The van der Waals surface area contributed by atoms with Crippen molar-refractivity contribution in [3.05, 3.63) is 60.2 Å². The van der Waals surface area contributed by atoms with Crippen LogP contribution < -0.4 is 20.7 Å². The molecule has 1 aliphatic carbocycles. The predicted octanol–water partition coefficient (Wildman–Crippen LogP) is 2.71. The topological polar surface area (TPSA) is 137 Å². The van der Waals surface area contributed by atoms with Crippen LogP contribution in [-0.2, 0) is 26.0 Å². The number of hydrogen-bond donors (Lipinski definition) is 4. The number of carbonyl (C=O) groups excluding carboxylic acids is 2. The molecule has 1 fully saturated rings. The number of hydrogen-bond acceptors (Lipinski definition) is 7. The number of ether oxygens (including phenoxy) is 1. The lowest BCUT2D eigenvalue weighted by Crippen LogP contribution is -2.57. The van der Waals surface area contributed by atoms with Crippen LogP contribution in [0.5, 0.6) is 5.75 Å². The van der Waals surface area contributed by atoms with E-state index in [0.29, 0.717) is 18.2 Å². The van der Waals surface area contributed by atoms with E-state index in [9.17, 15) is 23.1 Å². The van der Waals surface area contributed by atoms with Gasteiger partial charge in [0, 0.05) is 19.1 Å². The number of methoxy groups -OCH3 is 1. The fourth-order valence-corrected chi connectivity index (χ4v) is 6.41. The SMILES string of the molecule is CCC(C)[C@H](NC(=O)CNC1CC1)C(=O)N[C@@H](Cc1ccccc1)[C@H](O)CN(CC(C)C)S(=O)(=O)c1ccc(OC)cc1. The minimum Gasteiger partial charge on any atom is -0.497 e. The van der Waals surface area contributed by atoms with Crippen molar-refractivity contribution in [2.75, 3.05) is 26.7 Å². The Balaban J connectivity index is 1.84. The second kappa shape index (κ2) is 16.2. The van der Waals surface area contributed by atoms with Crippen LogP contribution in [0.1, 0.15) is 52.5 Å². The van der Waals surface area contributed by atoms with Crippen molar-refractivity contribution in [1.29, 1.82) is 0 Å². The molecule has 2 aromatic rings. The highest BCUT2D eigenvalue weighted by Gasteiger charge is 2.34. The molecule has 2 aromatic carbocycles. The molecule has 4 atom stereocenters. The molecular weight excluding hydrogens is 568 g/mol. The second-order valence-electron chi connectivity index (χ2n) is 11.8. The summed E-state index contributed by atoms with van der Waals surface area (Å²) in [5.41, 5.74) is 0.873. The monoisotopic (exact) mass is 616 g/mol. The molecule has 0 aliphatic heterocycles. The molecule has 1 unspecified atom stereocenters. The van der Waals surface area contributed by atoms with Crippen molar-refractivity contribution in [1.82, 2.24) is 20.3 Å². The molecule has 3 rings (SSSR count). The van der Waals surface area contributed by atoms with E-state index >= 15 is 0 Å². The van der Waals surface area contributed by atoms with Gasteiger partial charge in [-0.15, -0.1) is 0 Å². The molecule has 0 heterocycles. The molecule has 0 spiro atoms. The molecule has 4 N–H and O–H groups in total. The molecule has 43 heavy (non-hydrogen) atoms. The summed E-state index contributed by atoms with van der Waals surface area (Å²) in [6, 6.07) is 14.3. The zero-order valence-electron chi connectivity index (χ0n) is 26.0. The highest BCUT2D eigenvalue weighted by atomic mass is 32.2. The van der Waals surface area contributed by atoms with Crippen LogP contribution in [0.3, 0.4) is 0 Å². The summed E-state index contributed by atoms with van der Waals surface area (Å²) in [7, 11) is -2.46. The largest absolute Gasteiger partial charge is 0.497 e. The molecule has 1 saturated carbocycles. The van der Waals surface area contributed by atoms with Gasteiger partial charge in [-0.2, -0.15) is 4.31 Å². The molecule has 0 radical (unpaired) electrons. The summed E-state index contributed by atoms with van der Waals surface area (Å²) >= 11 is 0. The first kappa shape index (κ1) is 34.5. The Labute approximate surface area is 256 Å². The first-order valence-electron chi connectivity index (χ1n) is 15.1. The minimum absolute atomic E-state index is 0.0170. The quantitative estimate of drug-likeness (QED) is 0.202. The standard InChI is InChI=1S/C32H48N4O6S/c1-6-23(4)31(35-30(38)19-33-25-12-13-25)32(39)34-28(18-24-10-8-7-9-11-24)29(37)21-36(20-22(2)3)43(40,41)27-16-14-26(42-5)15-17-27/h7-11,14-17,22-23,25,28-29,31,33,37H,6,12-13,18-21H2,1-5H3,(H,34,39)(H,35,38)/t23?,28-,29+,31-/m0/s1. The van der Waals surface area contributed by atoms with E-state index in [-0.39, 0.29) is 48.7 Å². The van der Waals surface area contributed by atoms with Crippen LogP contribution >= 0.6 is 0 Å². The fraction of sp³-hybridized carbons (Fsp3) is 0.562. The number of rotatable bonds is 18. The Kier molecular flexibility index (Phi) is 13.0. The molecule has 0 saturated heterocycles. The van der Waals surface area contributed by atoms with Gasteiger partial charge in [-0.05, 0) is 60.9 Å². The third kappa shape index (κ3) is 10.6. The first-order valence-corrected chi connectivity index (χ1v) is 16.6. The van der Waals surface area contributed by atoms with Gasteiger partial charge >= 0.3 is 0 Å². The Morgan fingerprint density at radius 1 is 1.00 bits per heavy atom. The minimum atomic E-state index is -3.97. The number of benzene rings is 2. The number of nitrogens with zero attached hydrogens (tertiary/aromatic N) is 1. The highest BCUT2D eigenvalue weighted by Crippen LogP contribution is 2.22. The number of aliphatic hydroxyl groups excluding tert-OH is 1. The van der Waals surface area contributed by atoms with E-state index < -0.39 is 34.1 Å². The fourth-order valence-electron chi connectivity index (χ4n) is 4.79. The number of sulfonamides is 1. The van der Waals surface area contributed by atoms with E-state index in [1.165, 1.54) is 23.5 Å². The molecule has 11 heteroatoms. The smallest absolute Gasteiger partial charge is 0.243 e. The van der Waals surface area contributed by atoms with Gasteiger partial charge in [0.05, 0.1) is 30.7 Å². The number of carbonyl (C=O) groups is 2. The Hall–Kier alpha value is -2.99. The van der Waals surface area contributed by atoms with E-state index in [2.05, 4.69) is 16.0 Å². The van der Waals surface area contributed by atoms with Crippen molar-refractivity contribution in [3.63, 3.8) is 0 Å². The molecule has 0 bridgehead atoms. The van der Waals surface area contributed by atoms with Crippen LogP contribution in [0.2, 0.25) is 0 Å². The maximum Gasteiger partial charge on any atom is 0.243 e. The van der Waals surface area contributed by atoms with Crippen molar-refractivity contribution in [2.45, 2.75) is 82.5 Å². The summed E-state index contributed by atoms with van der Waals surface area (Å²) in [4.78, 5) is 26.4. The number of nitrogens with one attached hydrogen (secondary N) is 3. The van der Waals surface area contributed by atoms with Crippen molar-refractivity contribution in [3.8, 4) is 5.75 Å². The van der Waals surface area contributed by atoms with Crippen LogP contribution in [0, 0.1) is 11.8 Å². The molecule has 0 aromatic heterocycles. The summed E-state index contributed by atoms with van der Waals surface area (Å²) in [5.74, 6) is -0.320. The van der Waals surface area contributed by atoms with E-state index in [4.69, 9.17) is 4.74 Å². The Morgan fingerprint density at radius 3 is 2.21 bits per heavy atom. The van der Waals surface area contributed by atoms with E-state index in [1.54, 1.807) is 12.1 Å². The van der Waals surface area contributed by atoms with Gasteiger partial charge in [0.2, 0.25) is 21.8 Å². The van der Waals surface area contributed by atoms with Gasteiger partial charge in [0.25, 0.3) is 0 Å².